The lowest BCUT2D eigenvalue weighted by molar-refractivity contribution is -0.141. The first-order valence-corrected chi connectivity index (χ1v) is 6.46. The van der Waals surface area contributed by atoms with Crippen molar-refractivity contribution >= 4 is 5.82 Å². The number of anilines is 1. The van der Waals surface area contributed by atoms with Crippen molar-refractivity contribution in [3.8, 4) is 0 Å². The first kappa shape index (κ1) is 11.9. The Morgan fingerprint density at radius 2 is 1.94 bits per heavy atom. The molecule has 1 unspecified atom stereocenters. The number of rotatable bonds is 1. The van der Waals surface area contributed by atoms with Crippen LogP contribution in [-0.2, 0) is 6.18 Å². The Labute approximate surface area is 103 Å². The zero-order chi connectivity index (χ0) is 12.8. The SMILES string of the molecule is FC(F)(F)c1cc2n(n1)C(C1CCCC1)CCN2. The van der Waals surface area contributed by atoms with E-state index in [-0.39, 0.29) is 6.04 Å². The largest absolute Gasteiger partial charge is 0.435 e. The molecule has 1 aromatic heterocycles. The van der Waals surface area contributed by atoms with Gasteiger partial charge in [0.25, 0.3) is 0 Å². The van der Waals surface area contributed by atoms with Crippen LogP contribution >= 0.6 is 0 Å². The van der Waals surface area contributed by atoms with E-state index in [1.54, 1.807) is 4.68 Å². The monoisotopic (exact) mass is 259 g/mol. The lowest BCUT2D eigenvalue weighted by atomic mass is 9.94. The van der Waals surface area contributed by atoms with Crippen LogP contribution in [-0.4, -0.2) is 16.3 Å². The number of nitrogens with zero attached hydrogens (tertiary/aromatic N) is 2. The van der Waals surface area contributed by atoms with E-state index in [0.717, 1.165) is 31.9 Å². The Morgan fingerprint density at radius 3 is 2.61 bits per heavy atom. The summed E-state index contributed by atoms with van der Waals surface area (Å²) in [5.74, 6) is 1.01. The smallest absolute Gasteiger partial charge is 0.370 e. The summed E-state index contributed by atoms with van der Waals surface area (Å²) >= 11 is 0. The summed E-state index contributed by atoms with van der Waals surface area (Å²) in [5.41, 5.74) is -0.783. The first-order chi connectivity index (χ1) is 8.55. The van der Waals surface area contributed by atoms with Crippen LogP contribution < -0.4 is 5.32 Å². The first-order valence-electron chi connectivity index (χ1n) is 6.46. The van der Waals surface area contributed by atoms with Gasteiger partial charge in [-0.05, 0) is 25.2 Å². The molecule has 2 heterocycles. The van der Waals surface area contributed by atoms with E-state index in [1.807, 2.05) is 0 Å². The molecule has 6 heteroatoms. The highest BCUT2D eigenvalue weighted by Gasteiger charge is 2.38. The third-order valence-electron chi connectivity index (χ3n) is 4.03. The van der Waals surface area contributed by atoms with E-state index in [2.05, 4.69) is 10.4 Å². The predicted octanol–water partition coefficient (Wildman–Crippen LogP) is 3.45. The topological polar surface area (TPSA) is 29.9 Å². The van der Waals surface area contributed by atoms with Gasteiger partial charge in [0.15, 0.2) is 5.69 Å². The molecule has 3 rings (SSSR count). The molecular formula is C12H16F3N3. The summed E-state index contributed by atoms with van der Waals surface area (Å²) in [6, 6.07) is 1.26. The van der Waals surface area contributed by atoms with E-state index in [0.29, 0.717) is 11.7 Å². The number of fused-ring (bicyclic) bond motifs is 1. The number of aromatic nitrogens is 2. The van der Waals surface area contributed by atoms with Crippen LogP contribution in [0.1, 0.15) is 43.8 Å². The quantitative estimate of drug-likeness (QED) is 0.837. The minimum atomic E-state index is -4.35. The molecule has 0 bridgehead atoms. The average molecular weight is 259 g/mol. The lowest BCUT2D eigenvalue weighted by Crippen LogP contribution is -2.28. The van der Waals surface area contributed by atoms with Gasteiger partial charge in [-0.15, -0.1) is 0 Å². The maximum absolute atomic E-state index is 12.7. The molecule has 1 aromatic rings. The van der Waals surface area contributed by atoms with Crippen LogP contribution in [0.15, 0.2) is 6.07 Å². The minimum absolute atomic E-state index is 0.139. The van der Waals surface area contributed by atoms with Gasteiger partial charge >= 0.3 is 6.18 Å². The molecule has 1 fully saturated rings. The Balaban J connectivity index is 1.92. The van der Waals surface area contributed by atoms with Crippen molar-refractivity contribution in [1.29, 1.82) is 0 Å². The molecule has 1 N–H and O–H groups in total. The fraction of sp³-hybridized carbons (Fsp3) is 0.750. The Morgan fingerprint density at radius 1 is 1.22 bits per heavy atom. The van der Waals surface area contributed by atoms with Crippen LogP contribution in [0.25, 0.3) is 0 Å². The highest BCUT2D eigenvalue weighted by molar-refractivity contribution is 5.40. The van der Waals surface area contributed by atoms with Crippen LogP contribution in [0.3, 0.4) is 0 Å². The summed E-state index contributed by atoms with van der Waals surface area (Å²) in [5, 5.41) is 6.79. The van der Waals surface area contributed by atoms with Crippen molar-refractivity contribution in [2.24, 2.45) is 5.92 Å². The van der Waals surface area contributed by atoms with Gasteiger partial charge in [0, 0.05) is 12.6 Å². The van der Waals surface area contributed by atoms with Crippen molar-refractivity contribution in [1.82, 2.24) is 9.78 Å². The molecule has 0 aromatic carbocycles. The maximum atomic E-state index is 12.7. The number of alkyl halides is 3. The van der Waals surface area contributed by atoms with Gasteiger partial charge in [-0.2, -0.15) is 18.3 Å². The molecule has 0 spiro atoms. The van der Waals surface area contributed by atoms with Crippen molar-refractivity contribution in [3.05, 3.63) is 11.8 Å². The zero-order valence-corrected chi connectivity index (χ0v) is 10.0. The van der Waals surface area contributed by atoms with Gasteiger partial charge in [-0.1, -0.05) is 12.8 Å². The minimum Gasteiger partial charge on any atom is -0.370 e. The molecule has 1 aliphatic heterocycles. The lowest BCUT2D eigenvalue weighted by Gasteiger charge is -2.30. The van der Waals surface area contributed by atoms with E-state index in [9.17, 15) is 13.2 Å². The van der Waals surface area contributed by atoms with E-state index in [1.165, 1.54) is 12.8 Å². The summed E-state index contributed by atoms with van der Waals surface area (Å²) in [7, 11) is 0. The number of hydrogen-bond donors (Lipinski definition) is 1. The van der Waals surface area contributed by atoms with Crippen LogP contribution in [0.2, 0.25) is 0 Å². The van der Waals surface area contributed by atoms with Gasteiger partial charge in [0.1, 0.15) is 5.82 Å². The summed E-state index contributed by atoms with van der Waals surface area (Å²) in [6.45, 7) is 0.740. The molecule has 0 amide bonds. The van der Waals surface area contributed by atoms with E-state index in [4.69, 9.17) is 0 Å². The predicted molar refractivity (Wildman–Crippen MR) is 61.3 cm³/mol. The summed E-state index contributed by atoms with van der Waals surface area (Å²) in [4.78, 5) is 0. The summed E-state index contributed by atoms with van der Waals surface area (Å²) in [6.07, 6.45) is 1.13. The Hall–Kier alpha value is -1.20. The second kappa shape index (κ2) is 4.17. The molecule has 100 valence electrons. The Kier molecular flexibility index (Phi) is 2.75. The molecule has 2 aliphatic rings. The zero-order valence-electron chi connectivity index (χ0n) is 10.0. The molecule has 1 atom stereocenters. The highest BCUT2D eigenvalue weighted by atomic mass is 19.4. The van der Waals surface area contributed by atoms with Crippen LogP contribution in [0, 0.1) is 5.92 Å². The Bertz CT molecular complexity index is 432. The van der Waals surface area contributed by atoms with E-state index >= 15 is 0 Å². The van der Waals surface area contributed by atoms with Gasteiger partial charge in [0.05, 0.1) is 6.04 Å². The molecule has 1 aliphatic carbocycles. The molecule has 18 heavy (non-hydrogen) atoms. The third kappa shape index (κ3) is 1.97. The van der Waals surface area contributed by atoms with Gasteiger partial charge in [0.2, 0.25) is 0 Å². The van der Waals surface area contributed by atoms with E-state index < -0.39 is 11.9 Å². The van der Waals surface area contributed by atoms with Gasteiger partial charge in [-0.3, -0.25) is 0 Å². The highest BCUT2D eigenvalue weighted by Crippen LogP contribution is 2.40. The van der Waals surface area contributed by atoms with Crippen molar-refractivity contribution < 1.29 is 13.2 Å². The van der Waals surface area contributed by atoms with Crippen molar-refractivity contribution in [2.75, 3.05) is 11.9 Å². The molecular weight excluding hydrogens is 243 g/mol. The van der Waals surface area contributed by atoms with Crippen molar-refractivity contribution in [3.63, 3.8) is 0 Å². The van der Waals surface area contributed by atoms with Crippen LogP contribution in [0.4, 0.5) is 19.0 Å². The standard InChI is InChI=1S/C12H16F3N3/c13-12(14,15)10-7-11-16-6-5-9(18(11)17-10)8-3-1-2-4-8/h7-9,16H,1-6H2. The van der Waals surface area contributed by atoms with Crippen LogP contribution in [0.5, 0.6) is 0 Å². The molecule has 0 radical (unpaired) electrons. The number of nitrogens with one attached hydrogen (secondary N) is 1. The third-order valence-corrected chi connectivity index (χ3v) is 4.03. The van der Waals surface area contributed by atoms with Gasteiger partial charge in [-0.25, -0.2) is 4.68 Å². The second-order valence-corrected chi connectivity index (χ2v) is 5.18. The average Bonchev–Trinajstić information content (AvgIpc) is 2.96. The maximum Gasteiger partial charge on any atom is 0.435 e. The fourth-order valence-electron chi connectivity index (χ4n) is 3.17. The molecule has 1 saturated carbocycles. The second-order valence-electron chi connectivity index (χ2n) is 5.18. The van der Waals surface area contributed by atoms with Gasteiger partial charge < -0.3 is 5.32 Å². The fourth-order valence-corrected chi connectivity index (χ4v) is 3.17. The number of hydrogen-bond acceptors (Lipinski definition) is 2. The molecule has 3 nitrogen and oxygen atoms in total. The normalized spacial score (nSPS) is 24.9. The van der Waals surface area contributed by atoms with Crippen molar-refractivity contribution in [2.45, 2.75) is 44.3 Å². The number of halogens is 3. The summed E-state index contributed by atoms with van der Waals surface area (Å²) < 4.78 is 39.6. The molecule has 0 saturated heterocycles.